The lowest BCUT2D eigenvalue weighted by Gasteiger charge is -2.28. The number of ether oxygens (including phenoxy) is 1. The maximum absolute atomic E-state index is 12.1. The van der Waals surface area contributed by atoms with E-state index in [1.54, 1.807) is 12.1 Å². The summed E-state index contributed by atoms with van der Waals surface area (Å²) in [4.78, 5) is 16.5. The van der Waals surface area contributed by atoms with Crippen molar-refractivity contribution in [3.05, 3.63) is 46.5 Å². The maximum Gasteiger partial charge on any atom is 0.337 e. The van der Waals surface area contributed by atoms with Crippen molar-refractivity contribution in [2.45, 2.75) is 39.4 Å². The lowest BCUT2D eigenvalue weighted by Crippen LogP contribution is -2.28. The largest absolute Gasteiger partial charge is 0.479 e. The van der Waals surface area contributed by atoms with Crippen molar-refractivity contribution in [3.63, 3.8) is 0 Å². The van der Waals surface area contributed by atoms with Crippen LogP contribution >= 0.6 is 22.9 Å². The zero-order valence-electron chi connectivity index (χ0n) is 15.5. The van der Waals surface area contributed by atoms with Crippen LogP contribution in [0.15, 0.2) is 30.3 Å². The van der Waals surface area contributed by atoms with Crippen LogP contribution < -0.4 is 5.73 Å². The third-order valence-corrected chi connectivity index (χ3v) is 5.20. The van der Waals surface area contributed by atoms with Gasteiger partial charge in [-0.3, -0.25) is 0 Å². The van der Waals surface area contributed by atoms with Gasteiger partial charge in [0.15, 0.2) is 11.2 Å². The van der Waals surface area contributed by atoms with Crippen LogP contribution in [0.5, 0.6) is 0 Å². The summed E-state index contributed by atoms with van der Waals surface area (Å²) in [6.45, 7) is 7.38. The SMILES string of the molecule is Cc1cc2nc(N)sc2c(-c2ccc(Cl)cc2)c1[C@H](OC(C)(C)C)C(=O)O. The highest BCUT2D eigenvalue weighted by Crippen LogP contribution is 2.43. The Kier molecular flexibility index (Phi) is 5.16. The molecule has 0 aliphatic carbocycles. The Bertz CT molecular complexity index is 1010. The third kappa shape index (κ3) is 4.08. The minimum atomic E-state index is -1.12. The molecule has 0 aliphatic heterocycles. The second-order valence-corrected chi connectivity index (χ2v) is 8.80. The van der Waals surface area contributed by atoms with Gasteiger partial charge in [0.1, 0.15) is 0 Å². The van der Waals surface area contributed by atoms with Gasteiger partial charge in [0.25, 0.3) is 0 Å². The van der Waals surface area contributed by atoms with E-state index in [0.717, 1.165) is 26.9 Å². The summed E-state index contributed by atoms with van der Waals surface area (Å²) in [5, 5.41) is 11.0. The van der Waals surface area contributed by atoms with Crippen LogP contribution in [0.1, 0.15) is 38.0 Å². The van der Waals surface area contributed by atoms with E-state index in [1.165, 1.54) is 11.3 Å². The van der Waals surface area contributed by atoms with E-state index in [0.29, 0.717) is 15.7 Å². The summed E-state index contributed by atoms with van der Waals surface area (Å²) in [6.07, 6.45) is -1.12. The minimum Gasteiger partial charge on any atom is -0.479 e. The number of hydrogen-bond donors (Lipinski definition) is 2. The van der Waals surface area contributed by atoms with Gasteiger partial charge in [-0.2, -0.15) is 0 Å². The molecule has 0 bridgehead atoms. The lowest BCUT2D eigenvalue weighted by molar-refractivity contribution is -0.160. The number of hydrogen-bond acceptors (Lipinski definition) is 5. The number of carbonyl (C=O) groups is 1. The molecular weight excluding hydrogens is 384 g/mol. The molecule has 0 fully saturated rings. The standard InChI is InChI=1S/C20H21ClN2O3S/c1-10-9-13-17(27-19(22)23-13)15(11-5-7-12(21)8-6-11)14(10)16(18(24)25)26-20(2,3)4/h5-9,16H,1-4H3,(H2,22,23)(H,24,25)/t16-/m0/s1. The number of nitrogens with two attached hydrogens (primary N) is 1. The van der Waals surface area contributed by atoms with Gasteiger partial charge in [-0.05, 0) is 57.0 Å². The number of aryl methyl sites for hydroxylation is 1. The van der Waals surface area contributed by atoms with Crippen LogP contribution in [0, 0.1) is 6.92 Å². The highest BCUT2D eigenvalue weighted by Gasteiger charge is 2.32. The number of nitrogen functional groups attached to an aromatic ring is 1. The van der Waals surface area contributed by atoms with Crippen LogP contribution in [0.3, 0.4) is 0 Å². The van der Waals surface area contributed by atoms with E-state index in [1.807, 2.05) is 45.9 Å². The molecule has 1 atom stereocenters. The van der Waals surface area contributed by atoms with Crippen molar-refractivity contribution in [1.29, 1.82) is 0 Å². The topological polar surface area (TPSA) is 85.4 Å². The normalized spacial score (nSPS) is 13.1. The number of benzene rings is 2. The van der Waals surface area contributed by atoms with E-state index < -0.39 is 17.7 Å². The number of thiazole rings is 1. The Labute approximate surface area is 166 Å². The second-order valence-electron chi connectivity index (χ2n) is 7.34. The molecule has 142 valence electrons. The van der Waals surface area contributed by atoms with E-state index in [4.69, 9.17) is 22.1 Å². The molecule has 5 nitrogen and oxygen atoms in total. The van der Waals surface area contributed by atoms with Gasteiger partial charge in [-0.1, -0.05) is 35.1 Å². The zero-order valence-corrected chi connectivity index (χ0v) is 17.1. The number of aliphatic carboxylic acids is 1. The average Bonchev–Trinajstić information content (AvgIpc) is 2.91. The lowest BCUT2D eigenvalue weighted by atomic mass is 9.91. The Balaban J connectivity index is 2.36. The summed E-state index contributed by atoms with van der Waals surface area (Å²) in [5.74, 6) is -1.04. The first kappa shape index (κ1) is 19.6. The Morgan fingerprint density at radius 1 is 1.30 bits per heavy atom. The van der Waals surface area contributed by atoms with E-state index in [2.05, 4.69) is 4.98 Å². The molecule has 1 aromatic heterocycles. The Morgan fingerprint density at radius 2 is 1.93 bits per heavy atom. The van der Waals surface area contributed by atoms with Gasteiger partial charge in [0, 0.05) is 16.1 Å². The number of aromatic nitrogens is 1. The molecular formula is C20H21ClN2O3S. The molecule has 0 amide bonds. The molecule has 0 aliphatic rings. The molecule has 27 heavy (non-hydrogen) atoms. The molecule has 3 rings (SSSR count). The summed E-state index contributed by atoms with van der Waals surface area (Å²) in [7, 11) is 0. The molecule has 0 spiro atoms. The molecule has 3 N–H and O–H groups in total. The number of rotatable bonds is 4. The predicted molar refractivity (Wildman–Crippen MR) is 110 cm³/mol. The van der Waals surface area contributed by atoms with Crippen molar-refractivity contribution >= 4 is 44.3 Å². The minimum absolute atomic E-state index is 0.431. The number of halogens is 1. The first-order chi connectivity index (χ1) is 12.6. The van der Waals surface area contributed by atoms with Gasteiger partial charge < -0.3 is 15.6 Å². The number of fused-ring (bicyclic) bond motifs is 1. The molecule has 0 saturated heterocycles. The fourth-order valence-corrected chi connectivity index (χ4v) is 4.07. The smallest absolute Gasteiger partial charge is 0.337 e. The second kappa shape index (κ2) is 7.11. The monoisotopic (exact) mass is 404 g/mol. The zero-order chi connectivity index (χ0) is 19.9. The molecule has 0 saturated carbocycles. The Hall–Kier alpha value is -2.15. The van der Waals surface area contributed by atoms with Crippen molar-refractivity contribution in [1.82, 2.24) is 4.98 Å². The van der Waals surface area contributed by atoms with Crippen LogP contribution in [-0.2, 0) is 9.53 Å². The molecule has 0 unspecified atom stereocenters. The summed E-state index contributed by atoms with van der Waals surface area (Å²) in [6, 6.07) is 9.15. The average molecular weight is 405 g/mol. The number of carboxylic acid groups (broad SMARTS) is 1. The van der Waals surface area contributed by atoms with Crippen molar-refractivity contribution < 1.29 is 14.6 Å². The van der Waals surface area contributed by atoms with Gasteiger partial charge in [-0.15, -0.1) is 0 Å². The van der Waals surface area contributed by atoms with Crippen molar-refractivity contribution in [2.24, 2.45) is 0 Å². The first-order valence-electron chi connectivity index (χ1n) is 8.43. The fourth-order valence-electron chi connectivity index (χ4n) is 3.06. The van der Waals surface area contributed by atoms with Crippen LogP contribution in [0.2, 0.25) is 5.02 Å². The molecule has 2 aromatic carbocycles. The number of anilines is 1. The van der Waals surface area contributed by atoms with E-state index >= 15 is 0 Å². The maximum atomic E-state index is 12.1. The first-order valence-corrected chi connectivity index (χ1v) is 9.62. The number of carboxylic acids is 1. The van der Waals surface area contributed by atoms with Crippen LogP contribution in [0.4, 0.5) is 5.13 Å². The predicted octanol–water partition coefficient (Wildman–Crippen LogP) is 5.45. The molecule has 0 radical (unpaired) electrons. The van der Waals surface area contributed by atoms with Crippen molar-refractivity contribution in [2.75, 3.05) is 5.73 Å². The number of nitrogens with zero attached hydrogens (tertiary/aromatic N) is 1. The summed E-state index contributed by atoms with van der Waals surface area (Å²) in [5.41, 5.74) is 9.05. The molecule has 1 heterocycles. The van der Waals surface area contributed by atoms with Gasteiger partial charge >= 0.3 is 5.97 Å². The molecule has 7 heteroatoms. The summed E-state index contributed by atoms with van der Waals surface area (Å²) < 4.78 is 6.77. The highest BCUT2D eigenvalue weighted by molar-refractivity contribution is 7.22. The highest BCUT2D eigenvalue weighted by atomic mass is 35.5. The van der Waals surface area contributed by atoms with Gasteiger partial charge in [0.2, 0.25) is 0 Å². The summed E-state index contributed by atoms with van der Waals surface area (Å²) >= 11 is 7.38. The van der Waals surface area contributed by atoms with Gasteiger partial charge in [0.05, 0.1) is 15.8 Å². The van der Waals surface area contributed by atoms with E-state index in [-0.39, 0.29) is 0 Å². The molecule has 3 aromatic rings. The van der Waals surface area contributed by atoms with Crippen LogP contribution in [0.25, 0.3) is 21.3 Å². The van der Waals surface area contributed by atoms with Gasteiger partial charge in [-0.25, -0.2) is 9.78 Å². The van der Waals surface area contributed by atoms with E-state index in [9.17, 15) is 9.90 Å². The third-order valence-electron chi connectivity index (χ3n) is 4.04. The fraction of sp³-hybridized carbons (Fsp3) is 0.300. The van der Waals surface area contributed by atoms with Crippen molar-refractivity contribution in [3.8, 4) is 11.1 Å². The quantitative estimate of drug-likeness (QED) is 0.604. The Morgan fingerprint density at radius 3 is 2.48 bits per heavy atom. The van der Waals surface area contributed by atoms with Crippen LogP contribution in [-0.4, -0.2) is 21.7 Å².